The number of hydrogen-bond acceptors (Lipinski definition) is 5. The van der Waals surface area contributed by atoms with Gasteiger partial charge in [0.15, 0.2) is 0 Å². The summed E-state index contributed by atoms with van der Waals surface area (Å²) in [7, 11) is 0.368. The molecule has 0 radical (unpaired) electrons. The van der Waals surface area contributed by atoms with Crippen LogP contribution in [-0.4, -0.2) is 27.5 Å². The van der Waals surface area contributed by atoms with Crippen molar-refractivity contribution in [2.45, 2.75) is 10.8 Å². The first-order valence-electron chi connectivity index (χ1n) is 5.64. The van der Waals surface area contributed by atoms with Gasteiger partial charge in [0, 0.05) is 26.8 Å². The van der Waals surface area contributed by atoms with E-state index in [0.29, 0.717) is 4.21 Å². The Hall–Kier alpha value is -1.44. The summed E-state index contributed by atoms with van der Waals surface area (Å²) in [5.74, 6) is 0.799. The van der Waals surface area contributed by atoms with Crippen LogP contribution in [0, 0.1) is 0 Å². The highest BCUT2D eigenvalue weighted by atomic mass is 32.2. The van der Waals surface area contributed by atoms with Gasteiger partial charge in [-0.1, -0.05) is 6.07 Å². The highest BCUT2D eigenvalue weighted by molar-refractivity contribution is 7.91. The fourth-order valence-corrected chi connectivity index (χ4v) is 3.54. The minimum Gasteiger partial charge on any atom is -0.363 e. The van der Waals surface area contributed by atoms with Crippen molar-refractivity contribution in [3.05, 3.63) is 41.4 Å². The van der Waals surface area contributed by atoms with Gasteiger partial charge in [-0.3, -0.25) is 0 Å². The molecular weight excluding hydrogens is 282 g/mol. The highest BCUT2D eigenvalue weighted by Gasteiger charge is 2.14. The van der Waals surface area contributed by atoms with Crippen LogP contribution < -0.4 is 9.62 Å². The molecule has 7 heteroatoms. The van der Waals surface area contributed by atoms with Crippen molar-refractivity contribution < 1.29 is 8.42 Å². The van der Waals surface area contributed by atoms with Gasteiger partial charge >= 0.3 is 0 Å². The highest BCUT2D eigenvalue weighted by Crippen LogP contribution is 2.16. The van der Waals surface area contributed by atoms with Crippen LogP contribution >= 0.6 is 11.3 Å². The summed E-state index contributed by atoms with van der Waals surface area (Å²) >= 11 is 1.20. The summed E-state index contributed by atoms with van der Waals surface area (Å²) in [5, 5.41) is 1.74. The lowest BCUT2D eigenvalue weighted by molar-refractivity contribution is 0.583. The molecule has 2 aromatic rings. The SMILES string of the molecule is CN(C)c1cc(CNS(=O)(=O)c2cccs2)ccn1. The minimum atomic E-state index is -3.41. The smallest absolute Gasteiger partial charge is 0.250 e. The second kappa shape index (κ2) is 5.68. The summed E-state index contributed by atoms with van der Waals surface area (Å²) < 4.78 is 26.8. The van der Waals surface area contributed by atoms with Gasteiger partial charge < -0.3 is 4.90 Å². The molecule has 2 aromatic heterocycles. The van der Waals surface area contributed by atoms with Crippen LogP contribution in [0.4, 0.5) is 5.82 Å². The topological polar surface area (TPSA) is 62.3 Å². The van der Waals surface area contributed by atoms with E-state index in [1.54, 1.807) is 29.8 Å². The molecule has 0 atom stereocenters. The van der Waals surface area contributed by atoms with E-state index in [1.165, 1.54) is 11.3 Å². The lowest BCUT2D eigenvalue weighted by atomic mass is 10.2. The third kappa shape index (κ3) is 3.52. The van der Waals surface area contributed by atoms with E-state index in [1.807, 2.05) is 25.1 Å². The Balaban J connectivity index is 2.09. The maximum atomic E-state index is 12.0. The molecule has 5 nitrogen and oxygen atoms in total. The van der Waals surface area contributed by atoms with E-state index >= 15 is 0 Å². The number of pyridine rings is 1. The predicted octanol–water partition coefficient (Wildman–Crippen LogP) is 1.69. The summed E-state index contributed by atoms with van der Waals surface area (Å²) in [6.45, 7) is 0.254. The van der Waals surface area contributed by atoms with Crippen molar-refractivity contribution >= 4 is 27.2 Å². The van der Waals surface area contributed by atoms with Crippen LogP contribution in [0.1, 0.15) is 5.56 Å². The standard InChI is InChI=1S/C12H15N3O2S2/c1-15(2)11-8-10(5-6-13-11)9-14-19(16,17)12-4-3-7-18-12/h3-8,14H,9H2,1-2H3. The molecule has 0 aliphatic carbocycles. The van der Waals surface area contributed by atoms with Crippen molar-refractivity contribution in [3.8, 4) is 0 Å². The molecule has 0 spiro atoms. The van der Waals surface area contributed by atoms with Crippen molar-refractivity contribution in [3.63, 3.8) is 0 Å². The first kappa shape index (κ1) is 14.0. The van der Waals surface area contributed by atoms with Crippen LogP contribution in [0.5, 0.6) is 0 Å². The molecule has 0 aliphatic rings. The monoisotopic (exact) mass is 297 g/mol. The van der Waals surface area contributed by atoms with Gasteiger partial charge in [0.1, 0.15) is 10.0 Å². The van der Waals surface area contributed by atoms with Gasteiger partial charge in [-0.15, -0.1) is 11.3 Å². The molecule has 0 amide bonds. The van der Waals surface area contributed by atoms with E-state index in [-0.39, 0.29) is 6.54 Å². The average molecular weight is 297 g/mol. The number of thiophene rings is 1. The summed E-state index contributed by atoms with van der Waals surface area (Å²) in [5.41, 5.74) is 0.874. The zero-order valence-electron chi connectivity index (χ0n) is 10.7. The molecule has 2 heterocycles. The van der Waals surface area contributed by atoms with Crippen LogP contribution in [0.25, 0.3) is 0 Å². The van der Waals surface area contributed by atoms with E-state index in [0.717, 1.165) is 11.4 Å². The second-order valence-corrected chi connectivity index (χ2v) is 7.11. The molecule has 0 saturated heterocycles. The Morgan fingerprint density at radius 2 is 2.16 bits per heavy atom. The van der Waals surface area contributed by atoms with Crippen LogP contribution in [-0.2, 0) is 16.6 Å². The first-order chi connectivity index (χ1) is 8.99. The second-order valence-electron chi connectivity index (χ2n) is 4.17. The third-order valence-electron chi connectivity index (χ3n) is 2.49. The van der Waals surface area contributed by atoms with E-state index in [9.17, 15) is 8.42 Å². The molecule has 19 heavy (non-hydrogen) atoms. The Labute approximate surface area is 117 Å². The lowest BCUT2D eigenvalue weighted by Gasteiger charge is -2.12. The Kier molecular flexibility index (Phi) is 4.18. The molecule has 102 valence electrons. The molecular formula is C12H15N3O2S2. The van der Waals surface area contributed by atoms with Crippen molar-refractivity contribution in [1.82, 2.24) is 9.71 Å². The van der Waals surface area contributed by atoms with Gasteiger partial charge in [0.25, 0.3) is 0 Å². The number of nitrogens with zero attached hydrogens (tertiary/aromatic N) is 2. The molecule has 0 unspecified atom stereocenters. The van der Waals surface area contributed by atoms with E-state index in [4.69, 9.17) is 0 Å². The maximum absolute atomic E-state index is 12.0. The zero-order chi connectivity index (χ0) is 13.9. The molecule has 0 aromatic carbocycles. The van der Waals surface area contributed by atoms with Gasteiger partial charge in [-0.05, 0) is 29.1 Å². The van der Waals surface area contributed by atoms with E-state index < -0.39 is 10.0 Å². The number of sulfonamides is 1. The predicted molar refractivity (Wildman–Crippen MR) is 76.9 cm³/mol. The Morgan fingerprint density at radius 1 is 1.37 bits per heavy atom. The number of anilines is 1. The minimum absolute atomic E-state index is 0.254. The fraction of sp³-hybridized carbons (Fsp3) is 0.250. The molecule has 0 fully saturated rings. The van der Waals surface area contributed by atoms with Crippen molar-refractivity contribution in [2.75, 3.05) is 19.0 Å². The quantitative estimate of drug-likeness (QED) is 0.912. The first-order valence-corrected chi connectivity index (χ1v) is 8.01. The third-order valence-corrected chi connectivity index (χ3v) is 5.29. The Morgan fingerprint density at radius 3 is 2.79 bits per heavy atom. The number of aromatic nitrogens is 1. The van der Waals surface area contributed by atoms with Gasteiger partial charge in [-0.2, -0.15) is 0 Å². The number of nitrogens with one attached hydrogen (secondary N) is 1. The van der Waals surface area contributed by atoms with Gasteiger partial charge in [0.2, 0.25) is 10.0 Å². The zero-order valence-corrected chi connectivity index (χ0v) is 12.3. The molecule has 0 bridgehead atoms. The van der Waals surface area contributed by atoms with Gasteiger partial charge in [-0.25, -0.2) is 18.1 Å². The van der Waals surface area contributed by atoms with E-state index in [2.05, 4.69) is 9.71 Å². The van der Waals surface area contributed by atoms with Crippen LogP contribution in [0.15, 0.2) is 40.1 Å². The Bertz CT molecular complexity index is 637. The van der Waals surface area contributed by atoms with Crippen LogP contribution in [0.3, 0.4) is 0 Å². The molecule has 0 saturated carbocycles. The average Bonchev–Trinajstić information content (AvgIpc) is 2.91. The summed E-state index contributed by atoms with van der Waals surface area (Å²) in [4.78, 5) is 6.06. The molecule has 2 rings (SSSR count). The van der Waals surface area contributed by atoms with Crippen molar-refractivity contribution in [2.24, 2.45) is 0 Å². The van der Waals surface area contributed by atoms with Crippen molar-refractivity contribution in [1.29, 1.82) is 0 Å². The summed E-state index contributed by atoms with van der Waals surface area (Å²) in [6.07, 6.45) is 1.67. The number of rotatable bonds is 5. The maximum Gasteiger partial charge on any atom is 0.250 e. The molecule has 1 N–H and O–H groups in total. The largest absolute Gasteiger partial charge is 0.363 e. The number of hydrogen-bond donors (Lipinski definition) is 1. The fourth-order valence-electron chi connectivity index (χ4n) is 1.48. The van der Waals surface area contributed by atoms with Gasteiger partial charge in [0.05, 0.1) is 0 Å². The summed E-state index contributed by atoms with van der Waals surface area (Å²) in [6, 6.07) is 6.96. The lowest BCUT2D eigenvalue weighted by Crippen LogP contribution is -2.22. The van der Waals surface area contributed by atoms with Crippen LogP contribution in [0.2, 0.25) is 0 Å². The molecule has 0 aliphatic heterocycles. The normalized spacial score (nSPS) is 11.5.